The number of methoxy groups -OCH3 is 1. The van der Waals surface area contributed by atoms with Crippen LogP contribution in [0.1, 0.15) is 31.7 Å². The molecule has 0 fully saturated rings. The molecule has 0 radical (unpaired) electrons. The van der Waals surface area contributed by atoms with Gasteiger partial charge in [-0.15, -0.1) is 0 Å². The number of ether oxygens (including phenoxy) is 1. The van der Waals surface area contributed by atoms with Crippen LogP contribution in [0.2, 0.25) is 0 Å². The zero-order valence-corrected chi connectivity index (χ0v) is 13.2. The Kier molecular flexibility index (Phi) is 5.78. The highest BCUT2D eigenvalue weighted by molar-refractivity contribution is 5.62. The van der Waals surface area contributed by atoms with Crippen molar-refractivity contribution in [1.29, 1.82) is 0 Å². The third-order valence-corrected chi connectivity index (χ3v) is 3.77. The van der Waals surface area contributed by atoms with Crippen LogP contribution in [0, 0.1) is 0 Å². The number of pyridine rings is 1. The molecule has 4 nitrogen and oxygen atoms in total. The molecule has 0 atom stereocenters. The van der Waals surface area contributed by atoms with E-state index in [0.717, 1.165) is 36.3 Å². The Morgan fingerprint density at radius 1 is 1.18 bits per heavy atom. The molecule has 0 unspecified atom stereocenters. The molecule has 0 amide bonds. The summed E-state index contributed by atoms with van der Waals surface area (Å²) in [5, 5.41) is 9.32. The van der Waals surface area contributed by atoms with E-state index in [4.69, 9.17) is 4.74 Å². The topological polar surface area (TPSA) is 51.5 Å². The molecular weight excluding hydrogens is 278 g/mol. The summed E-state index contributed by atoms with van der Waals surface area (Å²) >= 11 is 0. The minimum Gasteiger partial charge on any atom is -0.497 e. The Hall–Kier alpha value is -2.07. The SMILES string of the molecule is CCCCCn1c(-c2cccc(OC)c2)ccc(CO)c1=O. The van der Waals surface area contributed by atoms with Crippen LogP contribution in [0.3, 0.4) is 0 Å². The van der Waals surface area contributed by atoms with Crippen molar-refractivity contribution in [1.82, 2.24) is 4.57 Å². The number of hydrogen-bond acceptors (Lipinski definition) is 3. The molecule has 0 aliphatic carbocycles. The quantitative estimate of drug-likeness (QED) is 0.799. The Labute approximate surface area is 131 Å². The second kappa shape index (κ2) is 7.80. The Morgan fingerprint density at radius 2 is 2.00 bits per heavy atom. The van der Waals surface area contributed by atoms with Crippen molar-refractivity contribution < 1.29 is 9.84 Å². The molecule has 22 heavy (non-hydrogen) atoms. The Bertz CT molecular complexity index is 676. The molecule has 0 bridgehead atoms. The van der Waals surface area contributed by atoms with Gasteiger partial charge in [-0.2, -0.15) is 0 Å². The van der Waals surface area contributed by atoms with Crippen molar-refractivity contribution in [2.45, 2.75) is 39.3 Å². The molecule has 1 aromatic heterocycles. The summed E-state index contributed by atoms with van der Waals surface area (Å²) in [4.78, 5) is 12.5. The number of unbranched alkanes of at least 4 members (excludes halogenated alkanes) is 2. The maximum atomic E-state index is 12.5. The van der Waals surface area contributed by atoms with Crippen LogP contribution in [-0.2, 0) is 13.2 Å². The first-order valence-corrected chi connectivity index (χ1v) is 7.69. The molecule has 0 aliphatic rings. The van der Waals surface area contributed by atoms with E-state index in [1.165, 1.54) is 0 Å². The number of hydrogen-bond donors (Lipinski definition) is 1. The first kappa shape index (κ1) is 16.3. The number of nitrogens with zero attached hydrogens (tertiary/aromatic N) is 1. The first-order chi connectivity index (χ1) is 10.7. The van der Waals surface area contributed by atoms with Crippen molar-refractivity contribution in [3.8, 4) is 17.0 Å². The average Bonchev–Trinajstić information content (AvgIpc) is 2.56. The van der Waals surface area contributed by atoms with Crippen molar-refractivity contribution >= 4 is 0 Å². The van der Waals surface area contributed by atoms with E-state index in [1.807, 2.05) is 30.3 Å². The predicted molar refractivity (Wildman–Crippen MR) is 88.1 cm³/mol. The fraction of sp³-hybridized carbons (Fsp3) is 0.389. The van der Waals surface area contributed by atoms with Gasteiger partial charge >= 0.3 is 0 Å². The standard InChI is InChI=1S/C18H23NO3/c1-3-4-5-11-19-17(10-9-15(13-20)18(19)21)14-7-6-8-16(12-14)22-2/h6-10,12,20H,3-5,11,13H2,1-2H3. The van der Waals surface area contributed by atoms with Crippen molar-refractivity contribution in [2.24, 2.45) is 0 Å². The lowest BCUT2D eigenvalue weighted by Gasteiger charge is -2.15. The van der Waals surface area contributed by atoms with Gasteiger partial charge in [0.2, 0.25) is 0 Å². The molecule has 2 aromatic rings. The normalized spacial score (nSPS) is 10.7. The lowest BCUT2D eigenvalue weighted by Crippen LogP contribution is -2.25. The summed E-state index contributed by atoms with van der Waals surface area (Å²) in [5.41, 5.74) is 2.12. The van der Waals surface area contributed by atoms with Gasteiger partial charge in [-0.05, 0) is 30.7 Å². The molecule has 4 heteroatoms. The number of rotatable bonds is 7. The van der Waals surface area contributed by atoms with Crippen LogP contribution in [0.5, 0.6) is 5.75 Å². The van der Waals surface area contributed by atoms with E-state index in [1.54, 1.807) is 17.7 Å². The molecule has 0 spiro atoms. The average molecular weight is 301 g/mol. The van der Waals surface area contributed by atoms with Crippen LogP contribution in [0.4, 0.5) is 0 Å². The molecule has 1 aromatic carbocycles. The molecule has 1 heterocycles. The van der Waals surface area contributed by atoms with E-state index in [2.05, 4.69) is 6.92 Å². The van der Waals surface area contributed by atoms with Gasteiger partial charge in [-0.25, -0.2) is 0 Å². The fourth-order valence-electron chi connectivity index (χ4n) is 2.52. The summed E-state index contributed by atoms with van der Waals surface area (Å²) in [6, 6.07) is 11.3. The van der Waals surface area contributed by atoms with Gasteiger partial charge < -0.3 is 14.4 Å². The second-order valence-corrected chi connectivity index (χ2v) is 5.30. The van der Waals surface area contributed by atoms with E-state index < -0.39 is 0 Å². The smallest absolute Gasteiger partial charge is 0.256 e. The molecule has 0 saturated heterocycles. The molecule has 118 valence electrons. The number of benzene rings is 1. The third kappa shape index (κ3) is 3.57. The fourth-order valence-corrected chi connectivity index (χ4v) is 2.52. The van der Waals surface area contributed by atoms with Crippen LogP contribution < -0.4 is 10.3 Å². The van der Waals surface area contributed by atoms with Crippen molar-refractivity contribution in [3.05, 3.63) is 52.3 Å². The minimum absolute atomic E-state index is 0.112. The van der Waals surface area contributed by atoms with E-state index in [-0.39, 0.29) is 12.2 Å². The summed E-state index contributed by atoms with van der Waals surface area (Å²) in [5.74, 6) is 0.760. The van der Waals surface area contributed by atoms with E-state index in [0.29, 0.717) is 12.1 Å². The number of aromatic nitrogens is 1. The van der Waals surface area contributed by atoms with Gasteiger partial charge in [0.15, 0.2) is 0 Å². The van der Waals surface area contributed by atoms with Crippen molar-refractivity contribution in [3.63, 3.8) is 0 Å². The lowest BCUT2D eigenvalue weighted by molar-refractivity contribution is 0.279. The zero-order chi connectivity index (χ0) is 15.9. The molecule has 0 saturated carbocycles. The lowest BCUT2D eigenvalue weighted by atomic mass is 10.1. The molecule has 1 N–H and O–H groups in total. The molecular formula is C18H23NO3. The Morgan fingerprint density at radius 3 is 2.68 bits per heavy atom. The molecule has 0 aliphatic heterocycles. The van der Waals surface area contributed by atoms with Crippen molar-refractivity contribution in [2.75, 3.05) is 7.11 Å². The number of aliphatic hydroxyl groups is 1. The van der Waals surface area contributed by atoms with E-state index >= 15 is 0 Å². The van der Waals surface area contributed by atoms with Gasteiger partial charge in [0.05, 0.1) is 19.4 Å². The van der Waals surface area contributed by atoms with Crippen LogP contribution >= 0.6 is 0 Å². The first-order valence-electron chi connectivity index (χ1n) is 7.69. The van der Waals surface area contributed by atoms with Gasteiger partial charge in [0.25, 0.3) is 5.56 Å². The van der Waals surface area contributed by atoms with Gasteiger partial charge in [0, 0.05) is 17.7 Å². The zero-order valence-electron chi connectivity index (χ0n) is 13.2. The third-order valence-electron chi connectivity index (χ3n) is 3.77. The van der Waals surface area contributed by atoms with E-state index in [9.17, 15) is 9.90 Å². The maximum absolute atomic E-state index is 12.5. The summed E-state index contributed by atoms with van der Waals surface area (Å²) < 4.78 is 7.02. The van der Waals surface area contributed by atoms with Gasteiger partial charge in [-0.1, -0.05) is 31.9 Å². The van der Waals surface area contributed by atoms with Crippen LogP contribution in [0.15, 0.2) is 41.2 Å². The highest BCUT2D eigenvalue weighted by Crippen LogP contribution is 2.23. The van der Waals surface area contributed by atoms with Crippen LogP contribution in [-0.4, -0.2) is 16.8 Å². The second-order valence-electron chi connectivity index (χ2n) is 5.30. The highest BCUT2D eigenvalue weighted by atomic mass is 16.5. The largest absolute Gasteiger partial charge is 0.497 e. The maximum Gasteiger partial charge on any atom is 0.256 e. The minimum atomic E-state index is -0.231. The summed E-state index contributed by atoms with van der Waals surface area (Å²) in [6.07, 6.45) is 3.12. The highest BCUT2D eigenvalue weighted by Gasteiger charge is 2.10. The van der Waals surface area contributed by atoms with Gasteiger partial charge in [0.1, 0.15) is 5.75 Å². The monoisotopic (exact) mass is 301 g/mol. The molecule has 2 rings (SSSR count). The Balaban J connectivity index is 2.49. The van der Waals surface area contributed by atoms with Crippen LogP contribution in [0.25, 0.3) is 11.3 Å². The predicted octanol–water partition coefficient (Wildman–Crippen LogP) is 3.21. The van der Waals surface area contributed by atoms with Gasteiger partial charge in [-0.3, -0.25) is 4.79 Å². The number of aliphatic hydroxyl groups excluding tert-OH is 1. The summed E-state index contributed by atoms with van der Waals surface area (Å²) in [6.45, 7) is 2.56. The summed E-state index contributed by atoms with van der Waals surface area (Å²) in [7, 11) is 1.63.